The summed E-state index contributed by atoms with van der Waals surface area (Å²) in [6.45, 7) is 3.26. The first kappa shape index (κ1) is 58.1. The smallest absolute Gasteiger partial charge is 0.457 e. The van der Waals surface area contributed by atoms with Crippen LogP contribution in [-0.2, 0) is 27.9 Å². The van der Waals surface area contributed by atoms with Gasteiger partial charge in [-0.15, -0.1) is 0 Å². The third-order valence-electron chi connectivity index (χ3n) is 9.19. The van der Waals surface area contributed by atoms with Gasteiger partial charge >= 0.3 is 13.8 Å². The minimum absolute atomic E-state index is 0.0112. The highest BCUT2D eigenvalue weighted by Crippen LogP contribution is 2.43. The average molecular weight is 873 g/mol. The Labute approximate surface area is 371 Å². The SMILES string of the molecule is CC/C=C\C/C=C\C/C=C\C/C=C\C/C=C\C/C=C\C/C=C\CCCC(=O)OC(COCCCCCCCC/C=C\C/C=C\CCCCCC)COP(=O)(O)OCC(O)CO. The molecule has 0 saturated carbocycles. The standard InChI is InChI=1S/C51H85O9P/c1-3-5-7-9-11-13-15-17-19-21-22-23-24-25-26-27-29-31-33-35-37-39-41-43-51(54)60-50(48-59-61(55,56)58-46-49(53)45-52)47-57-44-42-40-38-36-34-32-30-28-20-18-16-14-12-10-8-6-4-2/h5,7,11,13-14,16-17,19-20,22-23,25-26,28-29,31,35,37,49-50,52-53H,3-4,6,8-10,12,15,18,21,24,27,30,32-34,36,38-48H2,1-2H3,(H,55,56)/b7-5-,13-11-,16-14-,19-17-,23-22-,26-25-,28-20-,31-29-,37-35-. The Hall–Kier alpha value is -2.88. The molecule has 0 heterocycles. The molecule has 3 atom stereocenters. The van der Waals surface area contributed by atoms with E-state index in [-0.39, 0.29) is 13.0 Å². The lowest BCUT2D eigenvalue weighted by molar-refractivity contribution is -0.154. The topological polar surface area (TPSA) is 132 Å². The van der Waals surface area contributed by atoms with E-state index in [9.17, 15) is 19.4 Å². The lowest BCUT2D eigenvalue weighted by Crippen LogP contribution is -2.29. The number of phosphoric ester groups is 1. The molecule has 0 fully saturated rings. The number of carbonyl (C=O) groups is 1. The first-order chi connectivity index (χ1) is 29.8. The number of phosphoric acid groups is 1. The number of unbranched alkanes of at least 4 members (excludes halogenated alkanes) is 11. The second-order valence-corrected chi connectivity index (χ2v) is 16.5. The van der Waals surface area contributed by atoms with Gasteiger partial charge in [0.1, 0.15) is 12.2 Å². The van der Waals surface area contributed by atoms with Crippen LogP contribution >= 0.6 is 7.82 Å². The highest BCUT2D eigenvalue weighted by Gasteiger charge is 2.26. The van der Waals surface area contributed by atoms with Crippen LogP contribution in [0.4, 0.5) is 0 Å². The molecule has 0 aromatic heterocycles. The number of hydrogen-bond acceptors (Lipinski definition) is 8. The number of aliphatic hydroxyl groups is 2. The van der Waals surface area contributed by atoms with Crippen molar-refractivity contribution in [1.82, 2.24) is 0 Å². The average Bonchev–Trinajstić information content (AvgIpc) is 3.25. The van der Waals surface area contributed by atoms with Gasteiger partial charge in [-0.2, -0.15) is 0 Å². The third-order valence-corrected chi connectivity index (χ3v) is 10.1. The summed E-state index contributed by atoms with van der Waals surface area (Å²) < 4.78 is 33.4. The highest BCUT2D eigenvalue weighted by atomic mass is 31.2. The number of carbonyl (C=O) groups excluding carboxylic acids is 1. The van der Waals surface area contributed by atoms with E-state index in [1.807, 2.05) is 6.08 Å². The van der Waals surface area contributed by atoms with Crippen LogP contribution in [0, 0.1) is 0 Å². The molecule has 0 aliphatic heterocycles. The summed E-state index contributed by atoms with van der Waals surface area (Å²) in [5, 5.41) is 18.4. The Morgan fingerprint density at radius 3 is 1.41 bits per heavy atom. The maximum Gasteiger partial charge on any atom is 0.472 e. The maximum atomic E-state index is 12.6. The van der Waals surface area contributed by atoms with Gasteiger partial charge in [0.05, 0.1) is 26.4 Å². The Balaban J connectivity index is 4.31. The summed E-state index contributed by atoms with van der Waals surface area (Å²) in [6.07, 6.45) is 60.5. The molecule has 0 spiro atoms. The Bertz CT molecular complexity index is 1310. The fourth-order valence-corrected chi connectivity index (χ4v) is 6.46. The van der Waals surface area contributed by atoms with Crippen molar-refractivity contribution in [2.24, 2.45) is 0 Å². The molecule has 0 amide bonds. The van der Waals surface area contributed by atoms with Crippen molar-refractivity contribution < 1.29 is 43.0 Å². The number of hydrogen-bond donors (Lipinski definition) is 3. The van der Waals surface area contributed by atoms with E-state index < -0.39 is 45.8 Å². The molecule has 61 heavy (non-hydrogen) atoms. The van der Waals surface area contributed by atoms with Gasteiger partial charge in [-0.1, -0.05) is 168 Å². The van der Waals surface area contributed by atoms with Gasteiger partial charge in [-0.25, -0.2) is 4.57 Å². The number of rotatable bonds is 43. The molecule has 3 unspecified atom stereocenters. The Morgan fingerprint density at radius 1 is 0.525 bits per heavy atom. The monoisotopic (exact) mass is 873 g/mol. The van der Waals surface area contributed by atoms with Gasteiger partial charge in [-0.3, -0.25) is 13.8 Å². The van der Waals surface area contributed by atoms with E-state index in [0.717, 1.165) is 83.5 Å². The van der Waals surface area contributed by atoms with Gasteiger partial charge in [-0.05, 0) is 96.3 Å². The lowest BCUT2D eigenvalue weighted by Gasteiger charge is -2.20. The number of allylic oxidation sites excluding steroid dienone is 18. The molecule has 0 aromatic carbocycles. The largest absolute Gasteiger partial charge is 0.472 e. The zero-order valence-electron chi connectivity index (χ0n) is 38.1. The molecule has 348 valence electrons. The van der Waals surface area contributed by atoms with Crippen molar-refractivity contribution in [3.63, 3.8) is 0 Å². The van der Waals surface area contributed by atoms with Crippen LogP contribution in [0.25, 0.3) is 0 Å². The minimum atomic E-state index is -4.55. The molecule has 0 saturated heterocycles. The van der Waals surface area contributed by atoms with Gasteiger partial charge < -0.3 is 24.6 Å². The van der Waals surface area contributed by atoms with Gasteiger partial charge in [0, 0.05) is 13.0 Å². The van der Waals surface area contributed by atoms with Crippen molar-refractivity contribution in [3.8, 4) is 0 Å². The molecule has 9 nitrogen and oxygen atoms in total. The van der Waals surface area contributed by atoms with E-state index in [2.05, 4.69) is 117 Å². The van der Waals surface area contributed by atoms with Crippen LogP contribution in [0.1, 0.15) is 162 Å². The third kappa shape index (κ3) is 46.5. The van der Waals surface area contributed by atoms with E-state index in [1.54, 1.807) is 0 Å². The fraction of sp³-hybridized carbons (Fsp3) is 0.627. The molecule has 10 heteroatoms. The van der Waals surface area contributed by atoms with Crippen LogP contribution in [0.3, 0.4) is 0 Å². The zero-order chi connectivity index (χ0) is 44.6. The molecular formula is C51H85O9P. The molecule has 0 radical (unpaired) electrons. The number of ether oxygens (including phenoxy) is 2. The fourth-order valence-electron chi connectivity index (χ4n) is 5.67. The van der Waals surface area contributed by atoms with Crippen LogP contribution in [0.15, 0.2) is 109 Å². The zero-order valence-corrected chi connectivity index (χ0v) is 39.0. The summed E-state index contributed by atoms with van der Waals surface area (Å²) in [5.41, 5.74) is 0. The Morgan fingerprint density at radius 2 is 0.934 bits per heavy atom. The van der Waals surface area contributed by atoms with Crippen molar-refractivity contribution in [1.29, 1.82) is 0 Å². The first-order valence-electron chi connectivity index (χ1n) is 23.4. The van der Waals surface area contributed by atoms with E-state index >= 15 is 0 Å². The second kappa shape index (κ2) is 46.6. The van der Waals surface area contributed by atoms with Crippen molar-refractivity contribution in [3.05, 3.63) is 109 Å². The highest BCUT2D eigenvalue weighted by molar-refractivity contribution is 7.47. The summed E-state index contributed by atoms with van der Waals surface area (Å²) in [7, 11) is -4.55. The van der Waals surface area contributed by atoms with Crippen LogP contribution in [-0.4, -0.2) is 66.3 Å². The van der Waals surface area contributed by atoms with Gasteiger partial charge in [0.25, 0.3) is 0 Å². The van der Waals surface area contributed by atoms with E-state index in [0.29, 0.717) is 13.0 Å². The number of esters is 1. The van der Waals surface area contributed by atoms with Gasteiger partial charge in [0.15, 0.2) is 0 Å². The Kier molecular flexibility index (Phi) is 44.4. The second-order valence-electron chi connectivity index (χ2n) is 15.0. The van der Waals surface area contributed by atoms with Crippen molar-refractivity contribution in [2.45, 2.75) is 174 Å². The van der Waals surface area contributed by atoms with Crippen molar-refractivity contribution >= 4 is 13.8 Å². The maximum absolute atomic E-state index is 12.6. The minimum Gasteiger partial charge on any atom is -0.457 e. The van der Waals surface area contributed by atoms with E-state index in [1.165, 1.54) is 51.4 Å². The van der Waals surface area contributed by atoms with Crippen LogP contribution in [0.5, 0.6) is 0 Å². The molecule has 0 rings (SSSR count). The molecule has 0 bridgehead atoms. The normalized spacial score (nSPS) is 14.9. The molecule has 0 aliphatic rings. The molecular weight excluding hydrogens is 788 g/mol. The summed E-state index contributed by atoms with van der Waals surface area (Å²) in [4.78, 5) is 22.6. The van der Waals surface area contributed by atoms with Crippen LogP contribution in [0.2, 0.25) is 0 Å². The van der Waals surface area contributed by atoms with Crippen LogP contribution < -0.4 is 0 Å². The predicted octanol–water partition coefficient (Wildman–Crippen LogP) is 13.4. The first-order valence-corrected chi connectivity index (χ1v) is 24.9. The van der Waals surface area contributed by atoms with Crippen molar-refractivity contribution in [2.75, 3.05) is 33.0 Å². The summed E-state index contributed by atoms with van der Waals surface area (Å²) in [6, 6.07) is 0. The van der Waals surface area contributed by atoms with Gasteiger partial charge in [0.2, 0.25) is 0 Å². The summed E-state index contributed by atoms with van der Waals surface area (Å²) in [5.74, 6) is -0.448. The summed E-state index contributed by atoms with van der Waals surface area (Å²) >= 11 is 0. The predicted molar refractivity (Wildman–Crippen MR) is 255 cm³/mol. The molecule has 0 aromatic rings. The molecule has 3 N–H and O–H groups in total. The number of aliphatic hydroxyl groups excluding tert-OH is 2. The molecule has 0 aliphatic carbocycles. The van der Waals surface area contributed by atoms with E-state index in [4.69, 9.17) is 23.6 Å². The lowest BCUT2D eigenvalue weighted by atomic mass is 10.1. The quantitative estimate of drug-likeness (QED) is 0.0237.